The normalized spacial score (nSPS) is 12.4. The van der Waals surface area contributed by atoms with E-state index in [1.54, 1.807) is 34.4 Å². The number of nitrogens with zero attached hydrogens (tertiary/aromatic N) is 3. The van der Waals surface area contributed by atoms with Gasteiger partial charge in [-0.3, -0.25) is 4.99 Å². The van der Waals surface area contributed by atoms with E-state index >= 15 is 0 Å². The monoisotopic (exact) mass is 379 g/mol. The highest BCUT2D eigenvalue weighted by Gasteiger charge is 2.09. The minimum absolute atomic E-state index is 0.126. The molecule has 4 nitrogen and oxygen atoms in total. The lowest BCUT2D eigenvalue weighted by Crippen LogP contribution is -2.12. The van der Waals surface area contributed by atoms with E-state index in [0.717, 1.165) is 21.6 Å². The van der Waals surface area contributed by atoms with Crippen molar-refractivity contribution in [2.45, 2.75) is 13.5 Å². The summed E-state index contributed by atoms with van der Waals surface area (Å²) in [5.74, 6) is 0.126. The zero-order valence-corrected chi connectivity index (χ0v) is 14.9. The number of hydrogen-bond donors (Lipinski definition) is 0. The van der Waals surface area contributed by atoms with Gasteiger partial charge < -0.3 is 4.74 Å². The van der Waals surface area contributed by atoms with E-state index < -0.39 is 6.61 Å². The molecular formula is C17H15F2N3OS2. The van der Waals surface area contributed by atoms with E-state index in [1.165, 1.54) is 23.5 Å². The maximum Gasteiger partial charge on any atom is 0.387 e. The lowest BCUT2D eigenvalue weighted by Gasteiger charge is -2.06. The number of rotatable bonds is 6. The van der Waals surface area contributed by atoms with Crippen LogP contribution in [0.4, 0.5) is 8.78 Å². The standard InChI is InChI=1S/C17H15F2N3OS2/c1-2-20-17-22(21-9-12-7-8-24-10-12)15(11-25-17)13-3-5-14(6-4-13)23-16(18)19/h3-11,16H,2H2,1H3/b20-17?,21-9-. The predicted octanol–water partition coefficient (Wildman–Crippen LogP) is 4.68. The van der Waals surface area contributed by atoms with E-state index in [2.05, 4.69) is 14.8 Å². The molecular weight excluding hydrogens is 364 g/mol. The quantitative estimate of drug-likeness (QED) is 0.573. The highest BCUT2D eigenvalue weighted by Crippen LogP contribution is 2.24. The van der Waals surface area contributed by atoms with Crippen LogP contribution in [-0.2, 0) is 0 Å². The molecule has 0 fully saturated rings. The third kappa shape index (κ3) is 4.40. The van der Waals surface area contributed by atoms with Crippen LogP contribution in [0.3, 0.4) is 0 Å². The third-order valence-electron chi connectivity index (χ3n) is 3.22. The Bertz CT molecular complexity index is 897. The molecule has 0 saturated carbocycles. The first-order valence-electron chi connectivity index (χ1n) is 7.50. The maximum atomic E-state index is 12.3. The summed E-state index contributed by atoms with van der Waals surface area (Å²) in [6.45, 7) is -0.222. The Labute approximate surface area is 151 Å². The predicted molar refractivity (Wildman–Crippen MR) is 97.8 cm³/mol. The van der Waals surface area contributed by atoms with Crippen molar-refractivity contribution >= 4 is 28.9 Å². The number of alkyl halides is 2. The van der Waals surface area contributed by atoms with E-state index in [-0.39, 0.29) is 5.75 Å². The molecule has 0 unspecified atom stereocenters. The Morgan fingerprint density at radius 2 is 2.00 bits per heavy atom. The molecule has 0 N–H and O–H groups in total. The topological polar surface area (TPSA) is 38.9 Å². The molecule has 0 amide bonds. The fourth-order valence-corrected chi connectivity index (χ4v) is 3.65. The first-order chi connectivity index (χ1) is 12.2. The van der Waals surface area contributed by atoms with Crippen LogP contribution in [0, 0.1) is 0 Å². The molecule has 0 spiro atoms. The number of benzene rings is 1. The van der Waals surface area contributed by atoms with Crippen molar-refractivity contribution in [2.75, 3.05) is 6.54 Å². The Morgan fingerprint density at radius 1 is 1.20 bits per heavy atom. The van der Waals surface area contributed by atoms with Gasteiger partial charge in [0.2, 0.25) is 4.80 Å². The third-order valence-corrected chi connectivity index (χ3v) is 4.77. The second kappa shape index (κ2) is 8.17. The van der Waals surface area contributed by atoms with Crippen molar-refractivity contribution in [1.29, 1.82) is 0 Å². The second-order valence-corrected chi connectivity index (χ2v) is 6.51. The fourth-order valence-electron chi connectivity index (χ4n) is 2.13. The van der Waals surface area contributed by atoms with Crippen molar-refractivity contribution in [2.24, 2.45) is 10.1 Å². The lowest BCUT2D eigenvalue weighted by molar-refractivity contribution is -0.0498. The highest BCUT2D eigenvalue weighted by atomic mass is 32.1. The zero-order chi connectivity index (χ0) is 17.6. The van der Waals surface area contributed by atoms with E-state index in [1.807, 2.05) is 29.1 Å². The Hall–Kier alpha value is -2.32. The molecule has 0 atom stereocenters. The molecule has 0 aliphatic rings. The molecule has 8 heteroatoms. The maximum absolute atomic E-state index is 12.3. The van der Waals surface area contributed by atoms with Crippen molar-refractivity contribution < 1.29 is 13.5 Å². The summed E-state index contributed by atoms with van der Waals surface area (Å²) in [6, 6.07) is 8.47. The molecule has 2 aromatic heterocycles. The first-order valence-corrected chi connectivity index (χ1v) is 9.32. The van der Waals surface area contributed by atoms with Crippen molar-refractivity contribution in [3.63, 3.8) is 0 Å². The molecule has 3 aromatic rings. The van der Waals surface area contributed by atoms with Gasteiger partial charge in [0.05, 0.1) is 11.9 Å². The van der Waals surface area contributed by atoms with Crippen LogP contribution in [0.15, 0.2) is 56.6 Å². The molecule has 0 aliphatic heterocycles. The van der Waals surface area contributed by atoms with E-state index in [4.69, 9.17) is 0 Å². The summed E-state index contributed by atoms with van der Waals surface area (Å²) >= 11 is 3.08. The summed E-state index contributed by atoms with van der Waals surface area (Å²) in [6.07, 6.45) is 1.77. The zero-order valence-electron chi connectivity index (χ0n) is 13.3. The molecule has 25 heavy (non-hydrogen) atoms. The van der Waals surface area contributed by atoms with Crippen LogP contribution in [-0.4, -0.2) is 24.0 Å². The van der Waals surface area contributed by atoms with Gasteiger partial charge in [0.1, 0.15) is 5.75 Å². The molecule has 3 rings (SSSR count). The smallest absolute Gasteiger partial charge is 0.387 e. The molecule has 0 radical (unpaired) electrons. The number of thiophene rings is 1. The van der Waals surface area contributed by atoms with Gasteiger partial charge in [-0.15, -0.1) is 11.3 Å². The van der Waals surface area contributed by atoms with Crippen LogP contribution in [0.5, 0.6) is 5.75 Å². The van der Waals surface area contributed by atoms with Crippen LogP contribution < -0.4 is 9.54 Å². The van der Waals surface area contributed by atoms with Crippen molar-refractivity contribution in [1.82, 2.24) is 4.68 Å². The van der Waals surface area contributed by atoms with E-state index in [9.17, 15) is 8.78 Å². The number of thiazole rings is 1. The van der Waals surface area contributed by atoms with Crippen LogP contribution in [0.1, 0.15) is 12.5 Å². The number of aromatic nitrogens is 1. The molecule has 0 aliphatic carbocycles. The van der Waals surface area contributed by atoms with Crippen LogP contribution in [0.25, 0.3) is 11.3 Å². The molecule has 130 valence electrons. The summed E-state index contributed by atoms with van der Waals surface area (Å²) in [5.41, 5.74) is 2.70. The molecule has 0 saturated heterocycles. The second-order valence-electron chi connectivity index (χ2n) is 4.89. The summed E-state index contributed by atoms with van der Waals surface area (Å²) in [4.78, 5) is 5.23. The molecule has 0 bridgehead atoms. The summed E-state index contributed by atoms with van der Waals surface area (Å²) in [7, 11) is 0. The van der Waals surface area contributed by atoms with Gasteiger partial charge in [-0.05, 0) is 48.0 Å². The Morgan fingerprint density at radius 3 is 2.64 bits per heavy atom. The van der Waals surface area contributed by atoms with Gasteiger partial charge in [-0.1, -0.05) is 0 Å². The van der Waals surface area contributed by atoms with Gasteiger partial charge in [-0.2, -0.15) is 25.2 Å². The Balaban J connectivity index is 1.97. The first kappa shape index (κ1) is 17.5. The summed E-state index contributed by atoms with van der Waals surface area (Å²) < 4.78 is 30.7. The van der Waals surface area contributed by atoms with Crippen LogP contribution in [0.2, 0.25) is 0 Å². The number of ether oxygens (including phenoxy) is 1. The van der Waals surface area contributed by atoms with Crippen LogP contribution >= 0.6 is 22.7 Å². The van der Waals surface area contributed by atoms with Gasteiger partial charge in [0.15, 0.2) is 0 Å². The average molecular weight is 379 g/mol. The number of hydrogen-bond acceptors (Lipinski definition) is 5. The lowest BCUT2D eigenvalue weighted by atomic mass is 10.2. The van der Waals surface area contributed by atoms with Gasteiger partial charge in [0, 0.05) is 23.1 Å². The van der Waals surface area contributed by atoms with Gasteiger partial charge in [-0.25, -0.2) is 4.68 Å². The average Bonchev–Trinajstić information content (AvgIpc) is 3.23. The largest absolute Gasteiger partial charge is 0.435 e. The van der Waals surface area contributed by atoms with Gasteiger partial charge >= 0.3 is 6.61 Å². The van der Waals surface area contributed by atoms with Gasteiger partial charge in [0.25, 0.3) is 0 Å². The summed E-state index contributed by atoms with van der Waals surface area (Å²) in [5, 5.41) is 10.5. The SMILES string of the molecule is CCN=c1scc(-c2ccc(OC(F)F)cc2)n1/N=C\c1ccsc1. The highest BCUT2D eigenvalue weighted by molar-refractivity contribution is 7.08. The van der Waals surface area contributed by atoms with E-state index in [0.29, 0.717) is 6.54 Å². The molecule has 1 aromatic carbocycles. The van der Waals surface area contributed by atoms with Crippen molar-refractivity contribution in [3.8, 4) is 17.0 Å². The fraction of sp³-hybridized carbons (Fsp3) is 0.176. The minimum atomic E-state index is -2.83. The Kier molecular flexibility index (Phi) is 5.72. The minimum Gasteiger partial charge on any atom is -0.435 e. The van der Waals surface area contributed by atoms with Crippen molar-refractivity contribution in [3.05, 3.63) is 56.8 Å². The number of halogens is 2. The molecule has 2 heterocycles.